The number of nitrogens with zero attached hydrogens (tertiary/aromatic N) is 3. The second-order valence-corrected chi connectivity index (χ2v) is 6.38. The number of rotatable bonds is 6. The van der Waals surface area contributed by atoms with E-state index in [1.807, 2.05) is 30.3 Å². The minimum absolute atomic E-state index is 0.0880. The van der Waals surface area contributed by atoms with E-state index in [-0.39, 0.29) is 24.1 Å². The van der Waals surface area contributed by atoms with Gasteiger partial charge in [-0.1, -0.05) is 30.3 Å². The molecule has 0 aliphatic carbocycles. The molecule has 0 spiro atoms. The molecule has 1 atom stereocenters. The minimum atomic E-state index is -0.291. The van der Waals surface area contributed by atoms with E-state index in [2.05, 4.69) is 22.2 Å². The van der Waals surface area contributed by atoms with E-state index >= 15 is 0 Å². The van der Waals surface area contributed by atoms with Crippen molar-refractivity contribution in [1.29, 1.82) is 0 Å². The van der Waals surface area contributed by atoms with Gasteiger partial charge in [0.15, 0.2) is 0 Å². The average Bonchev–Trinajstić information content (AvgIpc) is 2.69. The fourth-order valence-corrected chi connectivity index (χ4v) is 2.93. The number of amides is 1. The van der Waals surface area contributed by atoms with E-state index in [0.29, 0.717) is 12.2 Å². The Labute approximate surface area is 152 Å². The van der Waals surface area contributed by atoms with Gasteiger partial charge in [-0.3, -0.25) is 14.5 Å². The third-order valence-electron chi connectivity index (χ3n) is 4.49. The normalized spacial score (nSPS) is 16.2. The van der Waals surface area contributed by atoms with E-state index in [1.165, 1.54) is 10.7 Å². The molecule has 1 aliphatic rings. The maximum Gasteiger partial charge on any atom is 0.267 e. The summed E-state index contributed by atoms with van der Waals surface area (Å²) in [6.07, 6.45) is 0. The summed E-state index contributed by atoms with van der Waals surface area (Å²) in [4.78, 5) is 26.5. The van der Waals surface area contributed by atoms with Crippen LogP contribution < -0.4 is 10.9 Å². The molecule has 0 saturated carbocycles. The predicted octanol–water partition coefficient (Wildman–Crippen LogP) is 0.747. The zero-order chi connectivity index (χ0) is 18.4. The molecule has 0 radical (unpaired) electrons. The number of benzene rings is 1. The number of morpholine rings is 1. The first-order valence-corrected chi connectivity index (χ1v) is 8.85. The monoisotopic (exact) mass is 356 g/mol. The van der Waals surface area contributed by atoms with Crippen molar-refractivity contribution < 1.29 is 9.53 Å². The van der Waals surface area contributed by atoms with E-state index in [4.69, 9.17) is 4.74 Å². The number of hydrogen-bond donors (Lipinski definition) is 1. The van der Waals surface area contributed by atoms with E-state index < -0.39 is 0 Å². The first-order valence-electron chi connectivity index (χ1n) is 8.85. The first kappa shape index (κ1) is 18.3. The van der Waals surface area contributed by atoms with Crippen LogP contribution in [-0.2, 0) is 16.1 Å². The molecule has 138 valence electrons. The highest BCUT2D eigenvalue weighted by molar-refractivity contribution is 5.75. The molecule has 1 aliphatic heterocycles. The number of hydrogen-bond acceptors (Lipinski definition) is 5. The Hall–Kier alpha value is -2.51. The van der Waals surface area contributed by atoms with Crippen molar-refractivity contribution in [2.75, 3.05) is 32.8 Å². The standard InChI is InChI=1S/C19H24N4O3/c1-15(22-9-11-26-12-10-22)13-20-18(24)14-23-19(25)8-7-17(21-23)16-5-3-2-4-6-16/h2-8,15H,9-14H2,1H3,(H,20,24). The molecule has 2 aromatic rings. The van der Waals surface area contributed by atoms with Gasteiger partial charge in [0.05, 0.1) is 18.9 Å². The lowest BCUT2D eigenvalue weighted by molar-refractivity contribution is -0.122. The Balaban J connectivity index is 1.59. The summed E-state index contributed by atoms with van der Waals surface area (Å²) in [7, 11) is 0. The van der Waals surface area contributed by atoms with Crippen LogP contribution in [0.4, 0.5) is 0 Å². The molecular formula is C19H24N4O3. The highest BCUT2D eigenvalue weighted by Gasteiger charge is 2.17. The van der Waals surface area contributed by atoms with E-state index in [1.54, 1.807) is 6.07 Å². The van der Waals surface area contributed by atoms with E-state index in [9.17, 15) is 9.59 Å². The Kier molecular flexibility index (Phi) is 6.14. The van der Waals surface area contributed by atoms with Gasteiger partial charge < -0.3 is 10.1 Å². The van der Waals surface area contributed by atoms with Crippen molar-refractivity contribution in [3.8, 4) is 11.3 Å². The molecule has 7 nitrogen and oxygen atoms in total. The van der Waals surface area contributed by atoms with Crippen LogP contribution in [0.3, 0.4) is 0 Å². The van der Waals surface area contributed by atoms with Crippen LogP contribution in [0.15, 0.2) is 47.3 Å². The molecule has 1 unspecified atom stereocenters. The van der Waals surface area contributed by atoms with Crippen LogP contribution in [0.5, 0.6) is 0 Å². The van der Waals surface area contributed by atoms with Crippen molar-refractivity contribution in [2.45, 2.75) is 19.5 Å². The number of aromatic nitrogens is 2. The average molecular weight is 356 g/mol. The van der Waals surface area contributed by atoms with Crippen molar-refractivity contribution >= 4 is 5.91 Å². The second kappa shape index (κ2) is 8.73. The number of ether oxygens (including phenoxy) is 1. The summed E-state index contributed by atoms with van der Waals surface area (Å²) in [5.41, 5.74) is 1.28. The topological polar surface area (TPSA) is 76.5 Å². The molecule has 1 fully saturated rings. The Bertz CT molecular complexity index is 785. The van der Waals surface area contributed by atoms with Gasteiger partial charge in [0.25, 0.3) is 5.56 Å². The van der Waals surface area contributed by atoms with Gasteiger partial charge in [0.2, 0.25) is 5.91 Å². The zero-order valence-electron chi connectivity index (χ0n) is 14.9. The largest absolute Gasteiger partial charge is 0.379 e. The van der Waals surface area contributed by atoms with Gasteiger partial charge in [-0.2, -0.15) is 5.10 Å². The zero-order valence-corrected chi connectivity index (χ0v) is 14.9. The molecule has 1 aromatic carbocycles. The molecule has 1 aromatic heterocycles. The Morgan fingerprint density at radius 1 is 1.19 bits per heavy atom. The number of carbonyl (C=O) groups excluding carboxylic acids is 1. The summed E-state index contributed by atoms with van der Waals surface area (Å²) < 4.78 is 6.55. The third-order valence-corrected chi connectivity index (χ3v) is 4.49. The first-order chi connectivity index (χ1) is 12.6. The van der Waals surface area contributed by atoms with Crippen LogP contribution in [0.2, 0.25) is 0 Å². The molecule has 7 heteroatoms. The SMILES string of the molecule is CC(CNC(=O)Cn1nc(-c2ccccc2)ccc1=O)N1CCOCC1. The van der Waals surface area contributed by atoms with Gasteiger partial charge in [-0.15, -0.1) is 0 Å². The van der Waals surface area contributed by atoms with Gasteiger partial charge >= 0.3 is 0 Å². The predicted molar refractivity (Wildman–Crippen MR) is 98.8 cm³/mol. The van der Waals surface area contributed by atoms with Gasteiger partial charge in [0, 0.05) is 37.3 Å². The van der Waals surface area contributed by atoms with Gasteiger partial charge in [0.1, 0.15) is 6.54 Å². The molecule has 0 bridgehead atoms. The van der Waals surface area contributed by atoms with Gasteiger partial charge in [-0.25, -0.2) is 4.68 Å². The Morgan fingerprint density at radius 2 is 1.92 bits per heavy atom. The lowest BCUT2D eigenvalue weighted by Crippen LogP contribution is -2.48. The quantitative estimate of drug-likeness (QED) is 0.826. The van der Waals surface area contributed by atoms with Crippen LogP contribution in [-0.4, -0.2) is 59.5 Å². The van der Waals surface area contributed by atoms with Crippen molar-refractivity contribution in [3.63, 3.8) is 0 Å². The fraction of sp³-hybridized carbons (Fsp3) is 0.421. The maximum atomic E-state index is 12.2. The second-order valence-electron chi connectivity index (χ2n) is 6.38. The lowest BCUT2D eigenvalue weighted by Gasteiger charge is -2.32. The lowest BCUT2D eigenvalue weighted by atomic mass is 10.1. The summed E-state index contributed by atoms with van der Waals surface area (Å²) in [5.74, 6) is -0.218. The summed E-state index contributed by atoms with van der Waals surface area (Å²) in [6, 6.07) is 12.9. The molecule has 26 heavy (non-hydrogen) atoms. The summed E-state index contributed by atoms with van der Waals surface area (Å²) >= 11 is 0. The van der Waals surface area contributed by atoms with Crippen LogP contribution in [0, 0.1) is 0 Å². The summed E-state index contributed by atoms with van der Waals surface area (Å²) in [5, 5.41) is 7.21. The van der Waals surface area contributed by atoms with Crippen molar-refractivity contribution in [3.05, 3.63) is 52.8 Å². The summed E-state index contributed by atoms with van der Waals surface area (Å²) in [6.45, 7) is 5.72. The number of carbonyl (C=O) groups is 1. The fourth-order valence-electron chi connectivity index (χ4n) is 2.93. The van der Waals surface area contributed by atoms with Crippen LogP contribution in [0.1, 0.15) is 6.92 Å². The van der Waals surface area contributed by atoms with Gasteiger partial charge in [-0.05, 0) is 13.0 Å². The van der Waals surface area contributed by atoms with Crippen molar-refractivity contribution in [1.82, 2.24) is 20.0 Å². The van der Waals surface area contributed by atoms with E-state index in [0.717, 1.165) is 31.9 Å². The number of nitrogens with one attached hydrogen (secondary N) is 1. The smallest absolute Gasteiger partial charge is 0.267 e. The van der Waals surface area contributed by atoms with Crippen LogP contribution in [0.25, 0.3) is 11.3 Å². The third kappa shape index (κ3) is 4.77. The highest BCUT2D eigenvalue weighted by Crippen LogP contribution is 2.13. The molecule has 1 saturated heterocycles. The van der Waals surface area contributed by atoms with Crippen LogP contribution >= 0.6 is 0 Å². The Morgan fingerprint density at radius 3 is 2.65 bits per heavy atom. The molecule has 1 N–H and O–H groups in total. The molecule has 2 heterocycles. The maximum absolute atomic E-state index is 12.2. The molecule has 1 amide bonds. The van der Waals surface area contributed by atoms with Crippen molar-refractivity contribution in [2.24, 2.45) is 0 Å². The highest BCUT2D eigenvalue weighted by atomic mass is 16.5. The minimum Gasteiger partial charge on any atom is -0.379 e. The molecular weight excluding hydrogens is 332 g/mol. The molecule has 3 rings (SSSR count).